The van der Waals surface area contributed by atoms with Crippen LogP contribution in [-0.4, -0.2) is 12.4 Å². The van der Waals surface area contributed by atoms with Gasteiger partial charge in [-0.3, -0.25) is 0 Å². The summed E-state index contributed by atoms with van der Waals surface area (Å²) in [5.74, 6) is 0. The molecule has 0 rings (SSSR count). The van der Waals surface area contributed by atoms with Gasteiger partial charge in [0.1, 0.15) is 0 Å². The molecule has 0 heterocycles. The Morgan fingerprint density at radius 3 is 2.45 bits per heavy atom. The van der Waals surface area contributed by atoms with Crippen molar-refractivity contribution in [2.75, 3.05) is 7.11 Å². The van der Waals surface area contributed by atoms with Crippen LogP contribution in [0.15, 0.2) is 0 Å². The average molecular weight is 238 g/mol. The maximum absolute atomic E-state index is 11.1. The molecule has 0 aliphatic heterocycles. The van der Waals surface area contributed by atoms with Crippen LogP contribution in [0.5, 0.6) is 0 Å². The third kappa shape index (κ3) is 8.87. The predicted molar refractivity (Wildman–Crippen MR) is 48.6 cm³/mol. The smallest absolute Gasteiger partial charge is 0.793 e. The largest absolute Gasteiger partial charge is 1.00 e. The Kier molecular flexibility index (Phi) is 11.5. The molecule has 0 spiro atoms. The van der Waals surface area contributed by atoms with Crippen LogP contribution in [-0.2, 0) is 16.3 Å². The molecule has 0 aromatic heterocycles. The first-order valence-corrected chi connectivity index (χ1v) is 7.19. The van der Waals surface area contributed by atoms with Crippen molar-refractivity contribution in [2.24, 2.45) is 0 Å². The number of rotatable bonds is 4. The van der Waals surface area contributed by atoms with Gasteiger partial charge in [-0.1, -0.05) is 25.7 Å². The first-order valence-electron chi connectivity index (χ1n) is 3.07. The van der Waals surface area contributed by atoms with Crippen molar-refractivity contribution in [1.29, 1.82) is 0 Å². The van der Waals surface area contributed by atoms with Gasteiger partial charge < -0.3 is 9.42 Å². The van der Waals surface area contributed by atoms with E-state index in [0.29, 0.717) is 5.25 Å². The topological polar surface area (TPSA) is 32.3 Å². The van der Waals surface area contributed by atoms with Gasteiger partial charge in [0.25, 0.3) is 0 Å². The van der Waals surface area contributed by atoms with Crippen LogP contribution in [0.4, 0.5) is 0 Å². The zero-order valence-electron chi connectivity index (χ0n) is 7.36. The summed E-state index contributed by atoms with van der Waals surface area (Å²) in [5, 5.41) is 0.322. The third-order valence-corrected chi connectivity index (χ3v) is 6.03. The molecule has 2 nitrogen and oxygen atoms in total. The molecule has 0 radical (unpaired) electrons. The van der Waals surface area contributed by atoms with Crippen LogP contribution >= 0.6 is 17.1 Å². The monoisotopic (exact) mass is 238 g/mol. The van der Waals surface area contributed by atoms with Crippen molar-refractivity contribution in [3.8, 4) is 0 Å². The van der Waals surface area contributed by atoms with Crippen LogP contribution in [0.1, 0.15) is 20.3 Å². The maximum atomic E-state index is 11.1. The summed E-state index contributed by atoms with van der Waals surface area (Å²) in [7, 11) is 1.39. The molecule has 0 aliphatic carbocycles. The van der Waals surface area contributed by atoms with Gasteiger partial charge in [0.05, 0.1) is 0 Å². The van der Waals surface area contributed by atoms with E-state index in [1.807, 2.05) is 13.8 Å². The van der Waals surface area contributed by atoms with E-state index < -0.39 is 5.69 Å². The minimum Gasteiger partial charge on any atom is -0.793 e. The third-order valence-electron chi connectivity index (χ3n) is 1.11. The number of hydrogen-bond donors (Lipinski definition) is 0. The van der Waals surface area contributed by atoms with Crippen molar-refractivity contribution in [3.63, 3.8) is 0 Å². The van der Waals surface area contributed by atoms with Gasteiger partial charge in [-0.25, -0.2) is 0 Å². The Morgan fingerprint density at radius 1 is 1.73 bits per heavy atom. The molecule has 11 heavy (non-hydrogen) atoms. The second-order valence-corrected chi connectivity index (χ2v) is 8.44. The number of hydrogen-bond acceptors (Lipinski definition) is 4. The van der Waals surface area contributed by atoms with Gasteiger partial charge in [-0.15, -0.1) is 11.4 Å². The maximum Gasteiger partial charge on any atom is 1.00 e. The molecule has 2 unspecified atom stereocenters. The van der Waals surface area contributed by atoms with Crippen LogP contribution < -0.4 is 56.3 Å². The molecular formula is C5H12KO2PS2. The van der Waals surface area contributed by atoms with E-state index in [0.717, 1.165) is 6.42 Å². The Morgan fingerprint density at radius 2 is 2.18 bits per heavy atom. The van der Waals surface area contributed by atoms with Crippen molar-refractivity contribution >= 4 is 28.9 Å². The quantitative estimate of drug-likeness (QED) is 0.453. The molecule has 0 amide bonds. The zero-order chi connectivity index (χ0) is 8.20. The Bertz CT molecular complexity index is 144. The second-order valence-electron chi connectivity index (χ2n) is 1.95. The zero-order valence-corrected chi connectivity index (χ0v) is 13.0. The normalized spacial score (nSPS) is 18.2. The molecule has 2 atom stereocenters. The minimum atomic E-state index is -2.75. The van der Waals surface area contributed by atoms with Crippen molar-refractivity contribution in [2.45, 2.75) is 25.5 Å². The summed E-state index contributed by atoms with van der Waals surface area (Å²) in [6.07, 6.45) is 0.967. The summed E-state index contributed by atoms with van der Waals surface area (Å²) < 4.78 is 4.64. The molecule has 62 valence electrons. The van der Waals surface area contributed by atoms with Gasteiger partial charge in [0.15, 0.2) is 0 Å². The Labute approximate surface area is 120 Å². The van der Waals surface area contributed by atoms with E-state index in [9.17, 15) is 4.89 Å². The van der Waals surface area contributed by atoms with Crippen molar-refractivity contribution < 1.29 is 60.8 Å². The molecule has 0 N–H and O–H groups in total. The fourth-order valence-corrected chi connectivity index (χ4v) is 4.36. The second kappa shape index (κ2) is 7.91. The average Bonchev–Trinajstić information content (AvgIpc) is 1.87. The molecule has 0 aliphatic rings. The van der Waals surface area contributed by atoms with Crippen LogP contribution in [0.25, 0.3) is 0 Å². The molecule has 0 bridgehead atoms. The SMILES string of the molecule is CCC(C)SP([O-])(=S)OC.[K+]. The van der Waals surface area contributed by atoms with Crippen molar-refractivity contribution in [3.05, 3.63) is 0 Å². The van der Waals surface area contributed by atoms with Gasteiger partial charge in [-0.2, -0.15) is 0 Å². The van der Waals surface area contributed by atoms with Gasteiger partial charge in [0.2, 0.25) is 0 Å². The van der Waals surface area contributed by atoms with Gasteiger partial charge >= 0.3 is 51.4 Å². The molecule has 0 aromatic carbocycles. The Hall–Kier alpha value is 2.56. The summed E-state index contributed by atoms with van der Waals surface area (Å²) in [5.41, 5.74) is -2.75. The van der Waals surface area contributed by atoms with Crippen LogP contribution in [0.3, 0.4) is 0 Å². The van der Waals surface area contributed by atoms with E-state index in [4.69, 9.17) is 0 Å². The summed E-state index contributed by atoms with van der Waals surface area (Å²) in [6.45, 7) is 4.02. The molecule has 6 heteroatoms. The summed E-state index contributed by atoms with van der Waals surface area (Å²) >= 11 is 5.93. The van der Waals surface area contributed by atoms with Gasteiger partial charge in [0, 0.05) is 18.1 Å². The first kappa shape index (κ1) is 16.0. The van der Waals surface area contributed by atoms with E-state index in [1.165, 1.54) is 18.5 Å². The summed E-state index contributed by atoms with van der Waals surface area (Å²) in [6, 6.07) is 0. The van der Waals surface area contributed by atoms with Crippen molar-refractivity contribution in [1.82, 2.24) is 0 Å². The van der Waals surface area contributed by atoms with E-state index >= 15 is 0 Å². The van der Waals surface area contributed by atoms with E-state index in [1.54, 1.807) is 0 Å². The van der Waals surface area contributed by atoms with E-state index in [2.05, 4.69) is 16.3 Å². The Balaban J connectivity index is 0. The summed E-state index contributed by atoms with van der Waals surface area (Å²) in [4.78, 5) is 11.1. The fraction of sp³-hybridized carbons (Fsp3) is 1.00. The molecule has 0 saturated carbocycles. The van der Waals surface area contributed by atoms with Gasteiger partial charge in [-0.05, 0) is 6.42 Å². The standard InChI is InChI=1S/C5H13O2PS2.K/c1-4-5(2)10-8(6,9)7-3;/h5H,4H2,1-3H3,(H,6,9);/q;+1/p-1. The molecule has 0 saturated heterocycles. The minimum absolute atomic E-state index is 0. The van der Waals surface area contributed by atoms with Crippen LogP contribution in [0.2, 0.25) is 0 Å². The molecule has 0 fully saturated rings. The molecule has 0 aromatic rings. The molecular weight excluding hydrogens is 226 g/mol. The van der Waals surface area contributed by atoms with E-state index in [-0.39, 0.29) is 51.4 Å². The predicted octanol–water partition coefficient (Wildman–Crippen LogP) is -1.25. The first-order chi connectivity index (χ1) is 4.52. The fourth-order valence-electron chi connectivity index (χ4n) is 0.338. The van der Waals surface area contributed by atoms with Crippen LogP contribution in [0, 0.1) is 0 Å².